The summed E-state index contributed by atoms with van der Waals surface area (Å²) in [7, 11) is -0.815. The van der Waals surface area contributed by atoms with Gasteiger partial charge in [0.25, 0.3) is 0 Å². The van der Waals surface area contributed by atoms with Gasteiger partial charge in [-0.3, -0.25) is 0 Å². The number of anilines is 1. The highest BCUT2D eigenvalue weighted by Crippen LogP contribution is 2.31. The van der Waals surface area contributed by atoms with E-state index in [-0.39, 0.29) is 11.4 Å². The first kappa shape index (κ1) is 24.3. The fourth-order valence-electron chi connectivity index (χ4n) is 3.31. The maximum Gasteiger partial charge on any atom is 0.240 e. The highest BCUT2D eigenvalue weighted by atomic mass is 79.9. The predicted molar refractivity (Wildman–Crippen MR) is 134 cm³/mol. The van der Waals surface area contributed by atoms with Gasteiger partial charge in [0.05, 0.1) is 35.5 Å². The third-order valence-corrected chi connectivity index (χ3v) is 7.31. The van der Waals surface area contributed by atoms with Gasteiger partial charge in [-0.1, -0.05) is 29.8 Å². The third kappa shape index (κ3) is 4.97. The fraction of sp³-hybridized carbons (Fsp3) is 0.182. The molecule has 9 nitrogen and oxygen atoms in total. The molecule has 2 heterocycles. The SMILES string of the molecule is COc1ccc(S(=O)(=O)NCCNc2cc(-c3ccccc3Cl)nc3c(Br)cnn23)cc1OC. The monoisotopic (exact) mass is 565 g/mol. The first-order valence-corrected chi connectivity index (χ1v) is 12.7. The zero-order chi connectivity index (χ0) is 24.3. The van der Waals surface area contributed by atoms with Crippen molar-refractivity contribution in [3.05, 3.63) is 64.2 Å². The number of halogens is 2. The predicted octanol–water partition coefficient (Wildman–Crippen LogP) is 4.22. The smallest absolute Gasteiger partial charge is 0.240 e. The molecule has 12 heteroatoms. The van der Waals surface area contributed by atoms with E-state index >= 15 is 0 Å². The molecule has 0 unspecified atom stereocenters. The van der Waals surface area contributed by atoms with Gasteiger partial charge in [0.2, 0.25) is 10.0 Å². The Morgan fingerprint density at radius 2 is 1.82 bits per heavy atom. The Bertz CT molecular complexity index is 1440. The van der Waals surface area contributed by atoms with E-state index in [1.54, 1.807) is 22.8 Å². The average molecular weight is 567 g/mol. The molecule has 0 fully saturated rings. The molecule has 2 aromatic carbocycles. The van der Waals surface area contributed by atoms with Gasteiger partial charge in [0.1, 0.15) is 5.82 Å². The molecule has 4 rings (SSSR count). The second-order valence-corrected chi connectivity index (χ2v) is 10.1. The van der Waals surface area contributed by atoms with E-state index < -0.39 is 10.0 Å². The van der Waals surface area contributed by atoms with Crippen LogP contribution >= 0.6 is 27.5 Å². The lowest BCUT2D eigenvalue weighted by molar-refractivity contribution is 0.354. The number of ether oxygens (including phenoxy) is 2. The Kier molecular flexibility index (Phi) is 7.27. The lowest BCUT2D eigenvalue weighted by atomic mass is 10.1. The van der Waals surface area contributed by atoms with Crippen LogP contribution in [0.4, 0.5) is 5.82 Å². The van der Waals surface area contributed by atoms with Crippen LogP contribution in [-0.2, 0) is 10.0 Å². The summed E-state index contributed by atoms with van der Waals surface area (Å²) in [5, 5.41) is 8.13. The maximum absolute atomic E-state index is 12.7. The average Bonchev–Trinajstić information content (AvgIpc) is 3.22. The zero-order valence-electron chi connectivity index (χ0n) is 18.2. The van der Waals surface area contributed by atoms with E-state index in [1.165, 1.54) is 26.4 Å². The molecule has 0 spiro atoms. The van der Waals surface area contributed by atoms with E-state index in [4.69, 9.17) is 21.1 Å². The van der Waals surface area contributed by atoms with Gasteiger partial charge in [-0.2, -0.15) is 9.61 Å². The standard InChI is InChI=1S/C22H21BrClN5O4S/c1-32-19-8-7-14(11-20(19)33-2)34(30,31)27-10-9-25-21-12-18(15-5-3-4-6-17(15)24)28-22-16(23)13-26-29(21)22/h3-8,11-13,25,27H,9-10H2,1-2H3. The third-order valence-electron chi connectivity index (χ3n) is 4.97. The van der Waals surface area contributed by atoms with Gasteiger partial charge in [-0.05, 0) is 34.1 Å². The Morgan fingerprint density at radius 3 is 2.56 bits per heavy atom. The Balaban J connectivity index is 1.51. The molecular weight excluding hydrogens is 546 g/mol. The summed E-state index contributed by atoms with van der Waals surface area (Å²) in [4.78, 5) is 4.74. The summed E-state index contributed by atoms with van der Waals surface area (Å²) in [6.45, 7) is 0.426. The minimum atomic E-state index is -3.75. The maximum atomic E-state index is 12.7. The van der Waals surface area contributed by atoms with Crippen LogP contribution in [0.2, 0.25) is 5.02 Å². The van der Waals surface area contributed by atoms with Crippen molar-refractivity contribution in [3.63, 3.8) is 0 Å². The number of benzene rings is 2. The molecule has 4 aromatic rings. The number of rotatable bonds is 9. The van der Waals surface area contributed by atoms with E-state index in [0.29, 0.717) is 40.2 Å². The van der Waals surface area contributed by atoms with Crippen LogP contribution in [0.15, 0.2) is 64.1 Å². The summed E-state index contributed by atoms with van der Waals surface area (Å²) >= 11 is 9.83. The van der Waals surface area contributed by atoms with E-state index in [9.17, 15) is 8.42 Å². The van der Waals surface area contributed by atoms with Gasteiger partial charge in [-0.15, -0.1) is 0 Å². The van der Waals surface area contributed by atoms with Crippen molar-refractivity contribution in [3.8, 4) is 22.8 Å². The summed E-state index contributed by atoms with van der Waals surface area (Å²) in [6, 6.07) is 13.6. The van der Waals surface area contributed by atoms with Crippen molar-refractivity contribution in [1.82, 2.24) is 19.3 Å². The van der Waals surface area contributed by atoms with Gasteiger partial charge >= 0.3 is 0 Å². The minimum absolute atomic E-state index is 0.0773. The number of nitrogens with zero attached hydrogens (tertiary/aromatic N) is 3. The molecular formula is C22H21BrClN5O4S. The molecule has 2 aromatic heterocycles. The summed E-state index contributed by atoms with van der Waals surface area (Å²) < 4.78 is 40.7. The highest BCUT2D eigenvalue weighted by molar-refractivity contribution is 9.10. The number of sulfonamides is 1. The van der Waals surface area contributed by atoms with Crippen molar-refractivity contribution in [2.45, 2.75) is 4.90 Å². The number of hydrogen-bond donors (Lipinski definition) is 2. The van der Waals surface area contributed by atoms with Crippen LogP contribution in [0.3, 0.4) is 0 Å². The van der Waals surface area contributed by atoms with Crippen molar-refractivity contribution in [2.75, 3.05) is 32.6 Å². The molecule has 34 heavy (non-hydrogen) atoms. The lowest BCUT2D eigenvalue weighted by Crippen LogP contribution is -2.29. The number of aromatic nitrogens is 3. The lowest BCUT2D eigenvalue weighted by Gasteiger charge is -2.13. The summed E-state index contributed by atoms with van der Waals surface area (Å²) in [5.74, 6) is 1.42. The van der Waals surface area contributed by atoms with Crippen molar-refractivity contribution in [2.24, 2.45) is 0 Å². The molecule has 0 radical (unpaired) electrons. The van der Waals surface area contributed by atoms with E-state index in [0.717, 1.165) is 10.0 Å². The van der Waals surface area contributed by atoms with Crippen LogP contribution in [0.1, 0.15) is 0 Å². The first-order valence-electron chi connectivity index (χ1n) is 10.1. The highest BCUT2D eigenvalue weighted by Gasteiger charge is 2.17. The van der Waals surface area contributed by atoms with Gasteiger partial charge in [-0.25, -0.2) is 18.1 Å². The quantitative estimate of drug-likeness (QED) is 0.292. The largest absolute Gasteiger partial charge is 0.493 e. The molecule has 0 saturated carbocycles. The van der Waals surface area contributed by atoms with Gasteiger partial charge in [0.15, 0.2) is 17.1 Å². The number of fused-ring (bicyclic) bond motifs is 1. The molecule has 0 amide bonds. The normalized spacial score (nSPS) is 11.5. The van der Waals surface area contributed by atoms with Crippen LogP contribution in [-0.4, -0.2) is 50.3 Å². The molecule has 0 aliphatic carbocycles. The molecule has 0 bridgehead atoms. The van der Waals surface area contributed by atoms with Crippen molar-refractivity contribution < 1.29 is 17.9 Å². The minimum Gasteiger partial charge on any atom is -0.493 e. The Labute approximate surface area is 210 Å². The Morgan fingerprint density at radius 1 is 1.06 bits per heavy atom. The van der Waals surface area contributed by atoms with Gasteiger partial charge < -0.3 is 14.8 Å². The topological polar surface area (TPSA) is 107 Å². The molecule has 0 saturated heterocycles. The van der Waals surface area contributed by atoms with Crippen LogP contribution in [0.5, 0.6) is 11.5 Å². The summed E-state index contributed by atoms with van der Waals surface area (Å²) in [6.07, 6.45) is 1.64. The molecule has 0 atom stereocenters. The van der Waals surface area contributed by atoms with Gasteiger partial charge in [0, 0.05) is 35.8 Å². The van der Waals surface area contributed by atoms with Crippen LogP contribution in [0.25, 0.3) is 16.9 Å². The molecule has 178 valence electrons. The number of methoxy groups -OCH3 is 2. The molecule has 0 aliphatic rings. The molecule has 0 aliphatic heterocycles. The number of hydrogen-bond acceptors (Lipinski definition) is 7. The summed E-state index contributed by atoms with van der Waals surface area (Å²) in [5.41, 5.74) is 2.04. The second-order valence-electron chi connectivity index (χ2n) is 7.08. The van der Waals surface area contributed by atoms with E-state index in [2.05, 4.69) is 36.1 Å². The molecule has 2 N–H and O–H groups in total. The van der Waals surface area contributed by atoms with E-state index in [1.807, 2.05) is 24.3 Å². The fourth-order valence-corrected chi connectivity index (χ4v) is 4.94. The Hall–Kier alpha value is -2.86. The second kappa shape index (κ2) is 10.2. The van der Waals surface area contributed by atoms with Crippen LogP contribution < -0.4 is 19.5 Å². The van der Waals surface area contributed by atoms with Crippen molar-refractivity contribution in [1.29, 1.82) is 0 Å². The number of nitrogens with one attached hydrogen (secondary N) is 2. The zero-order valence-corrected chi connectivity index (χ0v) is 21.4. The van der Waals surface area contributed by atoms with Crippen molar-refractivity contribution >= 4 is 49.0 Å². The van der Waals surface area contributed by atoms with Crippen LogP contribution in [0, 0.1) is 0 Å². The first-order chi connectivity index (χ1) is 16.3.